The van der Waals surface area contributed by atoms with Gasteiger partial charge in [-0.05, 0) is 23.8 Å². The molecule has 0 spiro atoms. The number of fused-ring (bicyclic) bond motifs is 1. The third-order valence-electron chi connectivity index (χ3n) is 3.39. The second kappa shape index (κ2) is 5.33. The van der Waals surface area contributed by atoms with Crippen LogP contribution in [-0.2, 0) is 13.1 Å². The molecule has 0 aliphatic carbocycles. The first kappa shape index (κ1) is 12.1. The average Bonchev–Trinajstić information content (AvgIpc) is 2.60. The van der Waals surface area contributed by atoms with Gasteiger partial charge in [-0.1, -0.05) is 30.3 Å². The van der Waals surface area contributed by atoms with Crippen LogP contribution in [0.15, 0.2) is 48.5 Å². The summed E-state index contributed by atoms with van der Waals surface area (Å²) in [4.78, 5) is 2.39. The molecule has 1 heterocycles. The number of rotatable bonds is 2. The Balaban J connectivity index is 1.76. The second-order valence-electron chi connectivity index (χ2n) is 4.91. The van der Waals surface area contributed by atoms with E-state index in [1.54, 1.807) is 0 Å². The lowest BCUT2D eigenvalue weighted by Crippen LogP contribution is -2.25. The van der Waals surface area contributed by atoms with Gasteiger partial charge in [0.15, 0.2) is 0 Å². The molecule has 2 aromatic rings. The lowest BCUT2D eigenvalue weighted by Gasteiger charge is -2.19. The minimum absolute atomic E-state index is 0.735. The highest BCUT2D eigenvalue weighted by molar-refractivity contribution is 5.40. The highest BCUT2D eigenvalue weighted by Gasteiger charge is 2.14. The fourth-order valence-electron chi connectivity index (χ4n) is 2.46. The molecule has 0 atom stereocenters. The predicted octanol–water partition coefficient (Wildman–Crippen LogP) is 2.66. The molecule has 0 bridgehead atoms. The Morgan fingerprint density at radius 2 is 2.00 bits per heavy atom. The minimum Gasteiger partial charge on any atom is -0.492 e. The Morgan fingerprint density at radius 1 is 1.11 bits per heavy atom. The summed E-state index contributed by atoms with van der Waals surface area (Å²) >= 11 is 0. The van der Waals surface area contributed by atoms with Crippen LogP contribution in [0.3, 0.4) is 0 Å². The molecule has 0 unspecified atom stereocenters. The van der Waals surface area contributed by atoms with E-state index in [0.717, 1.165) is 37.7 Å². The van der Waals surface area contributed by atoms with Crippen molar-refractivity contribution in [1.82, 2.24) is 4.90 Å². The van der Waals surface area contributed by atoms with Crippen LogP contribution in [0.2, 0.25) is 0 Å². The first-order chi connectivity index (χ1) is 9.31. The first-order valence-electron chi connectivity index (χ1n) is 6.59. The molecule has 19 heavy (non-hydrogen) atoms. The molecule has 98 valence electrons. The molecular formula is C16H18N2O. The number of anilines is 1. The molecule has 0 saturated heterocycles. The summed E-state index contributed by atoms with van der Waals surface area (Å²) in [5.41, 5.74) is 9.15. The molecule has 0 fully saturated rings. The normalized spacial score (nSPS) is 15.4. The van der Waals surface area contributed by atoms with Gasteiger partial charge in [0.2, 0.25) is 0 Å². The van der Waals surface area contributed by atoms with Gasteiger partial charge in [0.25, 0.3) is 0 Å². The van der Waals surface area contributed by atoms with Gasteiger partial charge in [0, 0.05) is 30.9 Å². The van der Waals surface area contributed by atoms with Crippen molar-refractivity contribution in [3.63, 3.8) is 0 Å². The molecule has 3 rings (SSSR count). The molecule has 1 aliphatic rings. The van der Waals surface area contributed by atoms with Gasteiger partial charge < -0.3 is 10.5 Å². The van der Waals surface area contributed by atoms with E-state index in [1.165, 1.54) is 11.1 Å². The van der Waals surface area contributed by atoms with E-state index < -0.39 is 0 Å². The minimum atomic E-state index is 0.735. The Morgan fingerprint density at radius 3 is 2.89 bits per heavy atom. The lowest BCUT2D eigenvalue weighted by molar-refractivity contribution is 0.219. The SMILES string of the molecule is Nc1cccc(CN2CCOc3ccccc3C2)c1. The number of nitrogens with two attached hydrogens (primary N) is 1. The van der Waals surface area contributed by atoms with E-state index in [2.05, 4.69) is 23.1 Å². The summed E-state index contributed by atoms with van der Waals surface area (Å²) < 4.78 is 5.77. The first-order valence-corrected chi connectivity index (χ1v) is 6.59. The molecule has 0 aromatic heterocycles. The molecule has 0 amide bonds. The molecule has 0 saturated carbocycles. The Kier molecular flexibility index (Phi) is 3.38. The van der Waals surface area contributed by atoms with E-state index in [4.69, 9.17) is 10.5 Å². The smallest absolute Gasteiger partial charge is 0.123 e. The monoisotopic (exact) mass is 254 g/mol. The molecule has 2 N–H and O–H groups in total. The molecule has 3 nitrogen and oxygen atoms in total. The van der Waals surface area contributed by atoms with E-state index in [9.17, 15) is 0 Å². The van der Waals surface area contributed by atoms with Crippen molar-refractivity contribution in [3.05, 3.63) is 59.7 Å². The van der Waals surface area contributed by atoms with Crippen LogP contribution in [0, 0.1) is 0 Å². The largest absolute Gasteiger partial charge is 0.492 e. The fraction of sp³-hybridized carbons (Fsp3) is 0.250. The van der Waals surface area contributed by atoms with E-state index in [0.29, 0.717) is 0 Å². The summed E-state index contributed by atoms with van der Waals surface area (Å²) in [5.74, 6) is 1.01. The van der Waals surface area contributed by atoms with Gasteiger partial charge in [-0.15, -0.1) is 0 Å². The second-order valence-corrected chi connectivity index (χ2v) is 4.91. The summed E-state index contributed by atoms with van der Waals surface area (Å²) in [6, 6.07) is 16.3. The molecule has 1 aliphatic heterocycles. The standard InChI is InChI=1S/C16H18N2O/c17-15-6-3-4-13(10-15)11-18-8-9-19-16-7-2-1-5-14(16)12-18/h1-7,10H,8-9,11-12,17H2. The number of hydrogen-bond donors (Lipinski definition) is 1. The van der Waals surface area contributed by atoms with Crippen LogP contribution in [0.5, 0.6) is 5.75 Å². The van der Waals surface area contributed by atoms with Crippen molar-refractivity contribution in [1.29, 1.82) is 0 Å². The molecule has 2 aromatic carbocycles. The third kappa shape index (κ3) is 2.88. The van der Waals surface area contributed by atoms with E-state index in [1.807, 2.05) is 30.3 Å². The van der Waals surface area contributed by atoms with Crippen LogP contribution >= 0.6 is 0 Å². The van der Waals surface area contributed by atoms with Crippen molar-refractivity contribution in [2.45, 2.75) is 13.1 Å². The molecule has 0 radical (unpaired) electrons. The van der Waals surface area contributed by atoms with Crippen molar-refractivity contribution in [2.75, 3.05) is 18.9 Å². The van der Waals surface area contributed by atoms with Crippen molar-refractivity contribution in [2.24, 2.45) is 0 Å². The van der Waals surface area contributed by atoms with E-state index in [-0.39, 0.29) is 0 Å². The van der Waals surface area contributed by atoms with Gasteiger partial charge in [-0.25, -0.2) is 0 Å². The highest BCUT2D eigenvalue weighted by atomic mass is 16.5. The average molecular weight is 254 g/mol. The summed E-state index contributed by atoms with van der Waals surface area (Å²) in [7, 11) is 0. The Labute approximate surface area is 113 Å². The van der Waals surface area contributed by atoms with E-state index >= 15 is 0 Å². The third-order valence-corrected chi connectivity index (χ3v) is 3.39. The van der Waals surface area contributed by atoms with Gasteiger partial charge in [0.05, 0.1) is 0 Å². The highest BCUT2D eigenvalue weighted by Crippen LogP contribution is 2.23. The number of nitrogen functional groups attached to an aromatic ring is 1. The number of nitrogens with zero attached hydrogens (tertiary/aromatic N) is 1. The van der Waals surface area contributed by atoms with Crippen molar-refractivity contribution >= 4 is 5.69 Å². The maximum Gasteiger partial charge on any atom is 0.123 e. The quantitative estimate of drug-likeness (QED) is 0.837. The van der Waals surface area contributed by atoms with Crippen LogP contribution in [0.4, 0.5) is 5.69 Å². The van der Waals surface area contributed by atoms with Gasteiger partial charge in [-0.3, -0.25) is 4.90 Å². The van der Waals surface area contributed by atoms with Gasteiger partial charge in [-0.2, -0.15) is 0 Å². The Hall–Kier alpha value is -2.00. The van der Waals surface area contributed by atoms with Gasteiger partial charge >= 0.3 is 0 Å². The molecular weight excluding hydrogens is 236 g/mol. The van der Waals surface area contributed by atoms with Crippen LogP contribution < -0.4 is 10.5 Å². The van der Waals surface area contributed by atoms with Crippen molar-refractivity contribution in [3.8, 4) is 5.75 Å². The van der Waals surface area contributed by atoms with Crippen LogP contribution in [-0.4, -0.2) is 18.1 Å². The maximum absolute atomic E-state index is 5.83. The number of para-hydroxylation sites is 1. The maximum atomic E-state index is 5.83. The number of benzene rings is 2. The number of ether oxygens (including phenoxy) is 1. The lowest BCUT2D eigenvalue weighted by atomic mass is 10.1. The Bertz CT molecular complexity index is 568. The zero-order chi connectivity index (χ0) is 13.1. The zero-order valence-electron chi connectivity index (χ0n) is 10.9. The summed E-state index contributed by atoms with van der Waals surface area (Å²) in [6.07, 6.45) is 0. The summed E-state index contributed by atoms with van der Waals surface area (Å²) in [5, 5.41) is 0. The van der Waals surface area contributed by atoms with Crippen molar-refractivity contribution < 1.29 is 4.74 Å². The number of hydrogen-bond acceptors (Lipinski definition) is 3. The molecule has 3 heteroatoms. The predicted molar refractivity (Wildman–Crippen MR) is 76.9 cm³/mol. The van der Waals surface area contributed by atoms with Crippen LogP contribution in [0.25, 0.3) is 0 Å². The zero-order valence-corrected chi connectivity index (χ0v) is 10.9. The van der Waals surface area contributed by atoms with Gasteiger partial charge in [0.1, 0.15) is 12.4 Å². The topological polar surface area (TPSA) is 38.5 Å². The fourth-order valence-corrected chi connectivity index (χ4v) is 2.46. The van der Waals surface area contributed by atoms with Crippen LogP contribution in [0.1, 0.15) is 11.1 Å². The summed E-state index contributed by atoms with van der Waals surface area (Å²) in [6.45, 7) is 3.50.